The number of nitrogens with one attached hydrogen (secondary N) is 1. The summed E-state index contributed by atoms with van der Waals surface area (Å²) >= 11 is 0. The Morgan fingerprint density at radius 1 is 0.889 bits per heavy atom. The maximum absolute atomic E-state index is 12.8. The van der Waals surface area contributed by atoms with Crippen LogP contribution in [0, 0.1) is 6.92 Å². The maximum atomic E-state index is 12.8. The molecule has 2 rings (SSSR count). The van der Waals surface area contributed by atoms with Crippen molar-refractivity contribution in [1.82, 2.24) is 4.31 Å². The number of methoxy groups -OCH3 is 2. The number of nitrogens with zero attached hydrogens (tertiary/aromatic N) is 1. The highest BCUT2D eigenvalue weighted by Crippen LogP contribution is 2.30. The maximum Gasteiger partial charge on any atom is 0.265 e. The van der Waals surface area contributed by atoms with E-state index in [1.807, 2.05) is 0 Å². The molecule has 0 saturated heterocycles. The number of ether oxygens (including phenoxy) is 2. The van der Waals surface area contributed by atoms with Crippen molar-refractivity contribution >= 4 is 25.7 Å². The first-order valence-corrected chi connectivity index (χ1v) is 10.7. The van der Waals surface area contributed by atoms with E-state index in [2.05, 4.69) is 4.72 Å². The van der Waals surface area contributed by atoms with Crippen LogP contribution in [0.3, 0.4) is 0 Å². The van der Waals surface area contributed by atoms with Crippen molar-refractivity contribution in [1.29, 1.82) is 0 Å². The van der Waals surface area contributed by atoms with Crippen LogP contribution in [0.5, 0.6) is 11.5 Å². The lowest BCUT2D eigenvalue weighted by molar-refractivity contribution is 0.392. The molecule has 0 aliphatic heterocycles. The minimum absolute atomic E-state index is 0.0188. The third-order valence-corrected chi connectivity index (χ3v) is 7.22. The largest absolute Gasteiger partial charge is 0.497 e. The van der Waals surface area contributed by atoms with Gasteiger partial charge < -0.3 is 9.47 Å². The second kappa shape index (κ2) is 7.75. The predicted octanol–water partition coefficient (Wildman–Crippen LogP) is 2.06. The topological polar surface area (TPSA) is 102 Å². The smallest absolute Gasteiger partial charge is 0.265 e. The number of sulfonamides is 2. The fraction of sp³-hybridized carbons (Fsp3) is 0.294. The molecule has 0 bridgehead atoms. The molecule has 0 atom stereocenters. The molecule has 0 aliphatic rings. The summed E-state index contributed by atoms with van der Waals surface area (Å²) in [4.78, 5) is -0.104. The van der Waals surface area contributed by atoms with E-state index in [1.165, 1.54) is 58.6 Å². The summed E-state index contributed by atoms with van der Waals surface area (Å²) in [6.45, 7) is 1.64. The van der Waals surface area contributed by atoms with Crippen molar-refractivity contribution in [3.05, 3.63) is 42.0 Å². The molecule has 2 aromatic rings. The van der Waals surface area contributed by atoms with E-state index in [0.717, 1.165) is 4.31 Å². The molecular formula is C17H22N2O6S2. The molecule has 8 nitrogen and oxygen atoms in total. The molecule has 0 fully saturated rings. The van der Waals surface area contributed by atoms with Gasteiger partial charge in [0.15, 0.2) is 0 Å². The second-order valence-electron chi connectivity index (χ2n) is 5.89. The third-order valence-electron chi connectivity index (χ3n) is 3.86. The monoisotopic (exact) mass is 414 g/mol. The summed E-state index contributed by atoms with van der Waals surface area (Å²) in [7, 11) is -2.17. The van der Waals surface area contributed by atoms with E-state index in [4.69, 9.17) is 9.47 Å². The number of rotatable bonds is 7. The zero-order valence-electron chi connectivity index (χ0n) is 15.7. The van der Waals surface area contributed by atoms with Gasteiger partial charge in [-0.2, -0.15) is 0 Å². The van der Waals surface area contributed by atoms with Crippen molar-refractivity contribution in [2.45, 2.75) is 16.7 Å². The first-order chi connectivity index (χ1) is 12.5. The molecule has 0 unspecified atom stereocenters. The van der Waals surface area contributed by atoms with Crippen LogP contribution in [-0.2, 0) is 20.0 Å². The molecule has 0 heterocycles. The van der Waals surface area contributed by atoms with E-state index >= 15 is 0 Å². The van der Waals surface area contributed by atoms with Gasteiger partial charge in [-0.05, 0) is 36.8 Å². The van der Waals surface area contributed by atoms with Gasteiger partial charge in [-0.1, -0.05) is 6.07 Å². The Morgan fingerprint density at radius 2 is 1.56 bits per heavy atom. The van der Waals surface area contributed by atoms with Crippen molar-refractivity contribution in [2.24, 2.45) is 0 Å². The lowest BCUT2D eigenvalue weighted by Gasteiger charge is -2.16. The van der Waals surface area contributed by atoms with Crippen LogP contribution < -0.4 is 14.2 Å². The van der Waals surface area contributed by atoms with Crippen molar-refractivity contribution in [3.63, 3.8) is 0 Å². The summed E-state index contributed by atoms with van der Waals surface area (Å²) in [5.74, 6) is 0.479. The van der Waals surface area contributed by atoms with Gasteiger partial charge in [0.25, 0.3) is 10.0 Å². The molecule has 10 heteroatoms. The molecule has 0 aliphatic carbocycles. The van der Waals surface area contributed by atoms with Gasteiger partial charge >= 0.3 is 0 Å². The normalized spacial score (nSPS) is 12.1. The van der Waals surface area contributed by atoms with E-state index in [9.17, 15) is 16.8 Å². The Kier molecular flexibility index (Phi) is 6.03. The summed E-state index contributed by atoms with van der Waals surface area (Å²) in [6, 6.07) is 8.70. The zero-order chi connectivity index (χ0) is 20.4. The molecule has 2 aromatic carbocycles. The van der Waals surface area contributed by atoms with Gasteiger partial charge in [-0.3, -0.25) is 4.72 Å². The van der Waals surface area contributed by atoms with Crippen molar-refractivity contribution in [2.75, 3.05) is 33.0 Å². The average molecular weight is 415 g/mol. The Morgan fingerprint density at radius 3 is 2.11 bits per heavy atom. The quantitative estimate of drug-likeness (QED) is 0.744. The van der Waals surface area contributed by atoms with Crippen LogP contribution in [0.4, 0.5) is 5.69 Å². The van der Waals surface area contributed by atoms with Gasteiger partial charge in [0, 0.05) is 20.2 Å². The SMILES string of the molecule is COc1ccc(OC)c(S(=O)(=O)Nc2ccc(C)c(S(=O)(=O)N(C)C)c2)c1. The molecule has 148 valence electrons. The third kappa shape index (κ3) is 4.34. The van der Waals surface area contributed by atoms with Gasteiger partial charge in [-0.25, -0.2) is 21.1 Å². The molecule has 27 heavy (non-hydrogen) atoms. The molecule has 0 spiro atoms. The highest BCUT2D eigenvalue weighted by Gasteiger charge is 2.24. The minimum Gasteiger partial charge on any atom is -0.497 e. The second-order valence-corrected chi connectivity index (χ2v) is 9.66. The first kappa shape index (κ1) is 21.0. The number of anilines is 1. The van der Waals surface area contributed by atoms with Gasteiger partial charge in [0.1, 0.15) is 16.4 Å². The number of hydrogen-bond donors (Lipinski definition) is 1. The van der Waals surface area contributed by atoms with Crippen LogP contribution in [0.25, 0.3) is 0 Å². The predicted molar refractivity (Wildman–Crippen MR) is 102 cm³/mol. The summed E-state index contributed by atoms with van der Waals surface area (Å²) in [5.41, 5.74) is 0.622. The molecule has 0 aromatic heterocycles. The van der Waals surface area contributed by atoms with Gasteiger partial charge in [0.2, 0.25) is 10.0 Å². The van der Waals surface area contributed by atoms with Gasteiger partial charge in [-0.15, -0.1) is 0 Å². The Balaban J connectivity index is 2.51. The van der Waals surface area contributed by atoms with E-state index in [-0.39, 0.29) is 21.2 Å². The standard InChI is InChI=1S/C17H22N2O6S2/c1-12-6-7-13(10-16(12)27(22,23)19(2)3)18-26(20,21)17-11-14(24-4)8-9-15(17)25-5/h6-11,18H,1-5H3. The van der Waals surface area contributed by atoms with Gasteiger partial charge in [0.05, 0.1) is 24.8 Å². The lowest BCUT2D eigenvalue weighted by atomic mass is 10.2. The van der Waals surface area contributed by atoms with Crippen molar-refractivity contribution < 1.29 is 26.3 Å². The van der Waals surface area contributed by atoms with Crippen molar-refractivity contribution in [3.8, 4) is 11.5 Å². The minimum atomic E-state index is -4.05. The van der Waals surface area contributed by atoms with E-state index in [0.29, 0.717) is 11.3 Å². The molecule has 1 N–H and O–H groups in total. The highest BCUT2D eigenvalue weighted by molar-refractivity contribution is 7.92. The summed E-state index contributed by atoms with van der Waals surface area (Å²) in [5, 5.41) is 0. The lowest BCUT2D eigenvalue weighted by Crippen LogP contribution is -2.23. The zero-order valence-corrected chi connectivity index (χ0v) is 17.3. The number of aryl methyl sites for hydroxylation is 1. The van der Waals surface area contributed by atoms with E-state index in [1.54, 1.807) is 13.0 Å². The Bertz CT molecular complexity index is 1050. The average Bonchev–Trinajstić information content (AvgIpc) is 2.62. The Hall–Kier alpha value is -2.30. The fourth-order valence-corrected chi connectivity index (χ4v) is 4.72. The van der Waals surface area contributed by atoms with Crippen LogP contribution in [0.2, 0.25) is 0 Å². The van der Waals surface area contributed by atoms with Crippen LogP contribution in [0.1, 0.15) is 5.56 Å². The summed E-state index contributed by atoms with van der Waals surface area (Å²) < 4.78 is 64.2. The molecule has 0 saturated carbocycles. The fourth-order valence-electron chi connectivity index (χ4n) is 2.34. The molecule has 0 amide bonds. The van der Waals surface area contributed by atoms with Crippen LogP contribution in [0.15, 0.2) is 46.2 Å². The number of hydrogen-bond acceptors (Lipinski definition) is 6. The summed E-state index contributed by atoms with van der Waals surface area (Å²) in [6.07, 6.45) is 0. The number of benzene rings is 2. The molecule has 0 radical (unpaired) electrons. The highest BCUT2D eigenvalue weighted by atomic mass is 32.2. The van der Waals surface area contributed by atoms with Crippen LogP contribution in [-0.4, -0.2) is 49.5 Å². The molecular weight excluding hydrogens is 392 g/mol. The Labute approximate surface area is 159 Å². The van der Waals surface area contributed by atoms with Crippen LogP contribution >= 0.6 is 0 Å². The first-order valence-electron chi connectivity index (χ1n) is 7.81. The van der Waals surface area contributed by atoms with E-state index < -0.39 is 20.0 Å².